The van der Waals surface area contributed by atoms with Crippen LogP contribution >= 0.6 is 0 Å². The van der Waals surface area contributed by atoms with E-state index in [9.17, 15) is 23.6 Å². The zero-order valence-electron chi connectivity index (χ0n) is 17.3. The Morgan fingerprint density at radius 3 is 2.03 bits per heavy atom. The van der Waals surface area contributed by atoms with E-state index in [0.717, 1.165) is 5.56 Å². The summed E-state index contributed by atoms with van der Waals surface area (Å²) >= 11 is 0. The second-order valence-electron chi connectivity index (χ2n) is 7.14. The summed E-state index contributed by atoms with van der Waals surface area (Å²) in [5.41, 5.74) is 12.6. The standard InChI is InChI=1S/C22H26FN5O4/c23-16-8-6-15(7-9-16)10-17(24)22(32)27-12-19(29)26-13-20(30)28-18(21(25)31)11-14-4-2-1-3-5-14/h1-9,17-18H,10-13,24H2,(H2,25,31)(H,26,29)(H,27,32)(H,28,30)/t17-,18?/m1/s1. The molecular weight excluding hydrogens is 417 g/mol. The second-order valence-corrected chi connectivity index (χ2v) is 7.14. The molecule has 2 atom stereocenters. The van der Waals surface area contributed by atoms with Gasteiger partial charge < -0.3 is 27.4 Å². The summed E-state index contributed by atoms with van der Waals surface area (Å²) in [6.07, 6.45) is 0.393. The minimum atomic E-state index is -0.925. The molecule has 4 amide bonds. The molecule has 0 aromatic heterocycles. The molecule has 9 nitrogen and oxygen atoms in total. The third kappa shape index (κ3) is 8.52. The molecule has 0 fully saturated rings. The Morgan fingerprint density at radius 1 is 0.812 bits per heavy atom. The maximum atomic E-state index is 12.9. The van der Waals surface area contributed by atoms with Crippen LogP contribution < -0.4 is 27.4 Å². The van der Waals surface area contributed by atoms with Crippen LogP contribution in [0.3, 0.4) is 0 Å². The molecule has 0 spiro atoms. The predicted octanol–water partition coefficient (Wildman–Crippen LogP) is -0.859. The summed E-state index contributed by atoms with van der Waals surface area (Å²) < 4.78 is 12.9. The van der Waals surface area contributed by atoms with Crippen molar-refractivity contribution in [1.82, 2.24) is 16.0 Å². The molecule has 0 aliphatic heterocycles. The molecule has 2 aromatic rings. The fourth-order valence-corrected chi connectivity index (χ4v) is 2.82. The van der Waals surface area contributed by atoms with E-state index in [2.05, 4.69) is 16.0 Å². The number of halogens is 1. The van der Waals surface area contributed by atoms with Crippen molar-refractivity contribution in [3.8, 4) is 0 Å². The summed E-state index contributed by atoms with van der Waals surface area (Å²) in [5, 5.41) is 7.19. The van der Waals surface area contributed by atoms with E-state index >= 15 is 0 Å². The van der Waals surface area contributed by atoms with Crippen LogP contribution in [0.4, 0.5) is 4.39 Å². The van der Waals surface area contributed by atoms with Crippen LogP contribution in [0.1, 0.15) is 11.1 Å². The molecule has 0 bridgehead atoms. The minimum Gasteiger partial charge on any atom is -0.368 e. The number of nitrogens with two attached hydrogens (primary N) is 2. The molecule has 0 radical (unpaired) electrons. The molecule has 10 heteroatoms. The lowest BCUT2D eigenvalue weighted by atomic mass is 10.1. The lowest BCUT2D eigenvalue weighted by molar-refractivity contribution is -0.129. The number of benzene rings is 2. The first-order chi connectivity index (χ1) is 15.2. The number of rotatable bonds is 11. The van der Waals surface area contributed by atoms with Crippen LogP contribution in [0, 0.1) is 5.82 Å². The lowest BCUT2D eigenvalue weighted by Gasteiger charge is -2.16. The Bertz CT molecular complexity index is 937. The average Bonchev–Trinajstić information content (AvgIpc) is 2.77. The summed E-state index contributed by atoms with van der Waals surface area (Å²) in [6, 6.07) is 12.7. The number of hydrogen-bond acceptors (Lipinski definition) is 5. The van der Waals surface area contributed by atoms with Gasteiger partial charge in [-0.15, -0.1) is 0 Å². The number of carbonyl (C=O) groups is 4. The van der Waals surface area contributed by atoms with Gasteiger partial charge in [0.1, 0.15) is 11.9 Å². The van der Waals surface area contributed by atoms with E-state index in [1.807, 2.05) is 6.07 Å². The highest BCUT2D eigenvalue weighted by molar-refractivity contribution is 5.91. The van der Waals surface area contributed by atoms with Crippen LogP contribution in [0.2, 0.25) is 0 Å². The van der Waals surface area contributed by atoms with Crippen molar-refractivity contribution in [3.05, 3.63) is 71.5 Å². The van der Waals surface area contributed by atoms with E-state index in [1.54, 1.807) is 24.3 Å². The van der Waals surface area contributed by atoms with Crippen molar-refractivity contribution >= 4 is 23.6 Å². The summed E-state index contributed by atoms with van der Waals surface area (Å²) in [7, 11) is 0. The molecule has 0 heterocycles. The van der Waals surface area contributed by atoms with E-state index in [-0.39, 0.29) is 19.4 Å². The van der Waals surface area contributed by atoms with Crippen LogP contribution in [0.25, 0.3) is 0 Å². The topological polar surface area (TPSA) is 156 Å². The molecule has 1 unspecified atom stereocenters. The van der Waals surface area contributed by atoms with Crippen molar-refractivity contribution in [2.45, 2.75) is 24.9 Å². The van der Waals surface area contributed by atoms with Gasteiger partial charge in [0.05, 0.1) is 19.1 Å². The lowest BCUT2D eigenvalue weighted by Crippen LogP contribution is -2.50. The molecule has 32 heavy (non-hydrogen) atoms. The summed E-state index contributed by atoms with van der Waals surface area (Å²) in [6.45, 7) is -0.776. The smallest absolute Gasteiger partial charge is 0.240 e. The fraction of sp³-hybridized carbons (Fsp3) is 0.273. The Kier molecular flexibility index (Phi) is 9.30. The van der Waals surface area contributed by atoms with Crippen molar-refractivity contribution in [3.63, 3.8) is 0 Å². The Labute approximate surface area is 184 Å². The zero-order valence-corrected chi connectivity index (χ0v) is 17.3. The first-order valence-corrected chi connectivity index (χ1v) is 9.91. The van der Waals surface area contributed by atoms with Crippen molar-refractivity contribution in [1.29, 1.82) is 0 Å². The Balaban J connectivity index is 1.71. The fourth-order valence-electron chi connectivity index (χ4n) is 2.82. The van der Waals surface area contributed by atoms with Gasteiger partial charge in [0.15, 0.2) is 0 Å². The molecule has 0 saturated heterocycles. The highest BCUT2D eigenvalue weighted by Crippen LogP contribution is 2.05. The van der Waals surface area contributed by atoms with Gasteiger partial charge in [0, 0.05) is 6.42 Å². The van der Waals surface area contributed by atoms with Gasteiger partial charge in [-0.2, -0.15) is 0 Å². The largest absolute Gasteiger partial charge is 0.368 e. The van der Waals surface area contributed by atoms with E-state index < -0.39 is 48.1 Å². The molecule has 7 N–H and O–H groups in total. The molecule has 2 aromatic carbocycles. The van der Waals surface area contributed by atoms with E-state index in [4.69, 9.17) is 11.5 Å². The van der Waals surface area contributed by atoms with Gasteiger partial charge in [-0.3, -0.25) is 19.2 Å². The number of amides is 4. The minimum absolute atomic E-state index is 0.173. The van der Waals surface area contributed by atoms with Crippen molar-refractivity contribution in [2.75, 3.05) is 13.1 Å². The average molecular weight is 443 g/mol. The molecular formula is C22H26FN5O4. The highest BCUT2D eigenvalue weighted by atomic mass is 19.1. The number of hydrogen-bond donors (Lipinski definition) is 5. The van der Waals surface area contributed by atoms with Gasteiger partial charge in [0.25, 0.3) is 0 Å². The quantitative estimate of drug-likeness (QED) is 0.306. The second kappa shape index (κ2) is 12.2. The molecule has 2 rings (SSSR count). The molecule has 170 valence electrons. The summed E-state index contributed by atoms with van der Waals surface area (Å²) in [4.78, 5) is 47.6. The van der Waals surface area contributed by atoms with Gasteiger partial charge in [-0.1, -0.05) is 42.5 Å². The molecule has 0 saturated carbocycles. The Hall–Kier alpha value is -3.79. The normalized spacial score (nSPS) is 12.3. The van der Waals surface area contributed by atoms with E-state index in [0.29, 0.717) is 5.56 Å². The third-order valence-corrected chi connectivity index (χ3v) is 4.54. The van der Waals surface area contributed by atoms with Crippen LogP contribution in [-0.4, -0.2) is 48.8 Å². The van der Waals surface area contributed by atoms with Crippen LogP contribution in [-0.2, 0) is 32.0 Å². The van der Waals surface area contributed by atoms with Gasteiger partial charge in [-0.25, -0.2) is 4.39 Å². The Morgan fingerprint density at radius 2 is 1.41 bits per heavy atom. The summed E-state index contributed by atoms with van der Waals surface area (Å²) in [5.74, 6) is -2.87. The SMILES string of the molecule is NC(=O)C(Cc1ccccc1)NC(=O)CNC(=O)CNC(=O)[C@H](N)Cc1ccc(F)cc1. The number of carbonyl (C=O) groups excluding carboxylic acids is 4. The van der Waals surface area contributed by atoms with Gasteiger partial charge >= 0.3 is 0 Å². The van der Waals surface area contributed by atoms with Crippen molar-refractivity contribution < 1.29 is 23.6 Å². The highest BCUT2D eigenvalue weighted by Gasteiger charge is 2.19. The molecule has 0 aliphatic carbocycles. The van der Waals surface area contributed by atoms with E-state index in [1.165, 1.54) is 24.3 Å². The third-order valence-electron chi connectivity index (χ3n) is 4.54. The van der Waals surface area contributed by atoms with Gasteiger partial charge in [0.2, 0.25) is 23.6 Å². The van der Waals surface area contributed by atoms with Gasteiger partial charge in [-0.05, 0) is 29.7 Å². The maximum Gasteiger partial charge on any atom is 0.240 e. The predicted molar refractivity (Wildman–Crippen MR) is 115 cm³/mol. The number of primary amides is 1. The van der Waals surface area contributed by atoms with Crippen LogP contribution in [0.5, 0.6) is 0 Å². The number of nitrogens with one attached hydrogen (secondary N) is 3. The van der Waals surface area contributed by atoms with Crippen molar-refractivity contribution in [2.24, 2.45) is 11.5 Å². The molecule has 0 aliphatic rings. The first kappa shape index (κ1) is 24.5. The maximum absolute atomic E-state index is 12.9. The zero-order chi connectivity index (χ0) is 23.5. The first-order valence-electron chi connectivity index (χ1n) is 9.91. The van der Waals surface area contributed by atoms with Crippen LogP contribution in [0.15, 0.2) is 54.6 Å². The monoisotopic (exact) mass is 443 g/mol.